The maximum Gasteiger partial charge on any atom is 0.407 e. The van der Waals surface area contributed by atoms with Gasteiger partial charge in [-0.2, -0.15) is 0 Å². The molecule has 0 aliphatic rings. The first-order valence-corrected chi connectivity index (χ1v) is 9.05. The maximum atomic E-state index is 11.5. The van der Waals surface area contributed by atoms with Crippen LogP contribution in [0.1, 0.15) is 47.0 Å². The molecule has 1 aromatic carbocycles. The van der Waals surface area contributed by atoms with Gasteiger partial charge in [0.25, 0.3) is 5.69 Å². The summed E-state index contributed by atoms with van der Waals surface area (Å²) in [5, 5.41) is 17.0. The average Bonchev–Trinajstić information content (AvgIpc) is 2.46. The number of amides is 1. The largest absolute Gasteiger partial charge is 0.444 e. The van der Waals surface area contributed by atoms with Crippen molar-refractivity contribution < 1.29 is 14.5 Å². The van der Waals surface area contributed by atoms with Crippen molar-refractivity contribution in [3.8, 4) is 0 Å². The molecule has 25 heavy (non-hydrogen) atoms. The summed E-state index contributed by atoms with van der Waals surface area (Å²) < 4.78 is 5.83. The number of rotatable bonds is 8. The molecule has 0 saturated heterocycles. The van der Waals surface area contributed by atoms with Crippen LogP contribution >= 0.6 is 15.9 Å². The smallest absolute Gasteiger partial charge is 0.407 e. The minimum absolute atomic E-state index is 0.0489. The van der Waals surface area contributed by atoms with Crippen LogP contribution in [0.4, 0.5) is 16.2 Å². The van der Waals surface area contributed by atoms with Gasteiger partial charge in [0.15, 0.2) is 0 Å². The van der Waals surface area contributed by atoms with Crippen LogP contribution < -0.4 is 10.6 Å². The number of unbranched alkanes of at least 4 members (excludes halogenated alkanes) is 1. The Morgan fingerprint density at radius 1 is 1.36 bits per heavy atom. The van der Waals surface area contributed by atoms with Gasteiger partial charge in [0, 0.05) is 23.1 Å². The number of ether oxygens (including phenoxy) is 1. The minimum atomic E-state index is -0.500. The molecule has 1 rings (SSSR count). The molecule has 0 heterocycles. The minimum Gasteiger partial charge on any atom is -0.444 e. The first kappa shape index (κ1) is 21.2. The molecule has 0 radical (unpaired) electrons. The predicted octanol–water partition coefficient (Wildman–Crippen LogP) is 4.85. The third-order valence-corrected chi connectivity index (χ3v) is 3.97. The molecule has 0 spiro atoms. The summed E-state index contributed by atoms with van der Waals surface area (Å²) in [6.07, 6.45) is 2.10. The van der Waals surface area contributed by atoms with Crippen LogP contribution in [0.3, 0.4) is 0 Å². The highest BCUT2D eigenvalue weighted by Crippen LogP contribution is 2.33. The van der Waals surface area contributed by atoms with Gasteiger partial charge in [-0.1, -0.05) is 6.07 Å². The lowest BCUT2D eigenvalue weighted by molar-refractivity contribution is -0.384. The Bertz CT molecular complexity index is 602. The third kappa shape index (κ3) is 8.20. The van der Waals surface area contributed by atoms with Crippen LogP contribution in [0.5, 0.6) is 0 Å². The van der Waals surface area contributed by atoms with E-state index in [1.807, 2.05) is 27.7 Å². The van der Waals surface area contributed by atoms with E-state index in [1.165, 1.54) is 6.07 Å². The van der Waals surface area contributed by atoms with Gasteiger partial charge in [-0.05, 0) is 69.0 Å². The maximum absolute atomic E-state index is 11.5. The molecule has 2 N–H and O–H groups in total. The zero-order valence-electron chi connectivity index (χ0n) is 15.1. The molecule has 0 aliphatic carbocycles. The topological polar surface area (TPSA) is 93.5 Å². The highest BCUT2D eigenvalue weighted by Gasteiger charge is 2.18. The number of alkyl carbamates (subject to hydrolysis) is 1. The van der Waals surface area contributed by atoms with Gasteiger partial charge in [0.1, 0.15) is 11.3 Å². The lowest BCUT2D eigenvalue weighted by Crippen LogP contribution is -2.33. The number of halogens is 1. The second kappa shape index (κ2) is 9.60. The zero-order chi connectivity index (χ0) is 19.0. The molecule has 0 saturated carbocycles. The zero-order valence-corrected chi connectivity index (χ0v) is 16.7. The summed E-state index contributed by atoms with van der Waals surface area (Å²) in [7, 11) is 0. The molecule has 0 fully saturated rings. The molecule has 7 nitrogen and oxygen atoms in total. The van der Waals surface area contributed by atoms with Crippen molar-refractivity contribution in [3.05, 3.63) is 32.8 Å². The SMILES string of the molecule is CC(CCCCNC(=O)OC(C)(C)C)Nc1c(Br)cccc1[N+](=O)[O-]. The van der Waals surface area contributed by atoms with Crippen LogP contribution in [-0.4, -0.2) is 29.2 Å². The number of nitrogens with zero attached hydrogens (tertiary/aromatic N) is 1. The number of carbonyl (C=O) groups is 1. The molecule has 1 amide bonds. The quantitative estimate of drug-likeness (QED) is 0.359. The van der Waals surface area contributed by atoms with Crippen molar-refractivity contribution >= 4 is 33.4 Å². The molecule has 1 aromatic rings. The van der Waals surface area contributed by atoms with Gasteiger partial charge in [-0.3, -0.25) is 10.1 Å². The van der Waals surface area contributed by atoms with Crippen molar-refractivity contribution in [1.29, 1.82) is 0 Å². The Hall–Kier alpha value is -1.83. The van der Waals surface area contributed by atoms with Crippen LogP contribution in [0, 0.1) is 10.1 Å². The van der Waals surface area contributed by atoms with Gasteiger partial charge in [0.05, 0.1) is 4.92 Å². The Kier molecular flexibility index (Phi) is 8.15. The Balaban J connectivity index is 2.36. The standard InChI is InChI=1S/C17H26BrN3O4/c1-12(8-5-6-11-19-16(22)25-17(2,3)4)20-15-13(18)9-7-10-14(15)21(23)24/h7,9-10,12,20H,5-6,8,11H2,1-4H3,(H,19,22). The fourth-order valence-electron chi connectivity index (χ4n) is 2.21. The van der Waals surface area contributed by atoms with E-state index in [-0.39, 0.29) is 11.7 Å². The molecule has 1 atom stereocenters. The normalized spacial score (nSPS) is 12.4. The Labute approximate surface area is 156 Å². The van der Waals surface area contributed by atoms with E-state index >= 15 is 0 Å². The van der Waals surface area contributed by atoms with Crippen LogP contribution in [-0.2, 0) is 4.74 Å². The molecule has 140 valence electrons. The highest BCUT2D eigenvalue weighted by molar-refractivity contribution is 9.10. The molecule has 0 bridgehead atoms. The number of hydrogen-bond donors (Lipinski definition) is 2. The summed E-state index contributed by atoms with van der Waals surface area (Å²) in [4.78, 5) is 22.2. The molecular weight excluding hydrogens is 390 g/mol. The van der Waals surface area contributed by atoms with Crippen molar-refractivity contribution in [3.63, 3.8) is 0 Å². The third-order valence-electron chi connectivity index (χ3n) is 3.31. The van der Waals surface area contributed by atoms with Crippen LogP contribution in [0.25, 0.3) is 0 Å². The molecular formula is C17H26BrN3O4. The van der Waals surface area contributed by atoms with Crippen molar-refractivity contribution in [2.75, 3.05) is 11.9 Å². The van der Waals surface area contributed by atoms with Crippen molar-refractivity contribution in [2.45, 2.75) is 58.6 Å². The predicted molar refractivity (Wildman–Crippen MR) is 102 cm³/mol. The van der Waals surface area contributed by atoms with Crippen molar-refractivity contribution in [2.24, 2.45) is 0 Å². The molecule has 0 aromatic heterocycles. The van der Waals surface area contributed by atoms with E-state index in [0.717, 1.165) is 19.3 Å². The fourth-order valence-corrected chi connectivity index (χ4v) is 2.68. The van der Waals surface area contributed by atoms with Gasteiger partial charge < -0.3 is 15.4 Å². The molecule has 8 heteroatoms. The second-order valence-electron chi connectivity index (χ2n) is 6.86. The summed E-state index contributed by atoms with van der Waals surface area (Å²) >= 11 is 3.35. The van der Waals surface area contributed by atoms with E-state index in [1.54, 1.807) is 12.1 Å². The van der Waals surface area contributed by atoms with Crippen LogP contribution in [0.2, 0.25) is 0 Å². The number of nitrogens with one attached hydrogen (secondary N) is 2. The van der Waals surface area contributed by atoms with E-state index in [9.17, 15) is 14.9 Å². The summed E-state index contributed by atoms with van der Waals surface area (Å²) in [5.74, 6) is 0. The van der Waals surface area contributed by atoms with Gasteiger partial charge in [0.2, 0.25) is 0 Å². The van der Waals surface area contributed by atoms with E-state index in [4.69, 9.17) is 4.74 Å². The molecule has 1 unspecified atom stereocenters. The number of benzene rings is 1. The van der Waals surface area contributed by atoms with Gasteiger partial charge in [-0.25, -0.2) is 4.79 Å². The highest BCUT2D eigenvalue weighted by atomic mass is 79.9. The number of anilines is 1. The number of nitro groups is 1. The van der Waals surface area contributed by atoms with Crippen molar-refractivity contribution in [1.82, 2.24) is 5.32 Å². The van der Waals surface area contributed by atoms with E-state index < -0.39 is 16.6 Å². The van der Waals surface area contributed by atoms with Gasteiger partial charge >= 0.3 is 6.09 Å². The number of para-hydroxylation sites is 1. The first-order chi connectivity index (χ1) is 11.6. The lowest BCUT2D eigenvalue weighted by atomic mass is 10.1. The fraction of sp³-hybridized carbons (Fsp3) is 0.588. The number of nitro benzene ring substituents is 1. The summed E-state index contributed by atoms with van der Waals surface area (Å²) in [6.45, 7) is 7.98. The number of hydrogen-bond acceptors (Lipinski definition) is 5. The van der Waals surface area contributed by atoms with E-state index in [0.29, 0.717) is 16.7 Å². The van der Waals surface area contributed by atoms with Crippen LogP contribution in [0.15, 0.2) is 22.7 Å². The summed E-state index contributed by atoms with van der Waals surface area (Å²) in [6, 6.07) is 4.96. The Morgan fingerprint density at radius 2 is 2.04 bits per heavy atom. The summed E-state index contributed by atoms with van der Waals surface area (Å²) in [5.41, 5.74) is 0.0417. The Morgan fingerprint density at radius 3 is 2.64 bits per heavy atom. The second-order valence-corrected chi connectivity index (χ2v) is 7.72. The van der Waals surface area contributed by atoms with E-state index in [2.05, 4.69) is 26.6 Å². The lowest BCUT2D eigenvalue weighted by Gasteiger charge is -2.20. The van der Waals surface area contributed by atoms with Gasteiger partial charge in [-0.15, -0.1) is 0 Å². The first-order valence-electron chi connectivity index (χ1n) is 8.26. The average molecular weight is 416 g/mol. The molecule has 0 aliphatic heterocycles. The number of carbonyl (C=O) groups excluding carboxylic acids is 1. The monoisotopic (exact) mass is 415 g/mol.